The predicted octanol–water partition coefficient (Wildman–Crippen LogP) is 1.20. The number of urea groups is 1. The van der Waals surface area contributed by atoms with Gasteiger partial charge in [0.05, 0.1) is 6.26 Å². The summed E-state index contributed by atoms with van der Waals surface area (Å²) in [4.78, 5) is 15.9. The van der Waals surface area contributed by atoms with Gasteiger partial charge in [-0.25, -0.2) is 17.5 Å². The maximum absolute atomic E-state index is 12.5. The molecular formula is C17H25N3O3S. The van der Waals surface area contributed by atoms with E-state index in [1.807, 2.05) is 23.1 Å². The average molecular weight is 351 g/mol. The van der Waals surface area contributed by atoms with Gasteiger partial charge in [0.2, 0.25) is 10.0 Å². The van der Waals surface area contributed by atoms with Crippen molar-refractivity contribution in [2.75, 3.05) is 46.5 Å². The quantitative estimate of drug-likeness (QED) is 0.804. The number of piperidine rings is 1. The van der Waals surface area contributed by atoms with Crippen LogP contribution in [0.1, 0.15) is 12.0 Å². The molecule has 132 valence electrons. The summed E-state index contributed by atoms with van der Waals surface area (Å²) in [7, 11) is 0.297. The van der Waals surface area contributed by atoms with Gasteiger partial charge in [0.25, 0.3) is 0 Å². The second kappa shape index (κ2) is 6.04. The molecule has 1 aromatic carbocycles. The van der Waals surface area contributed by atoms with Crippen molar-refractivity contribution in [2.24, 2.45) is 5.92 Å². The Morgan fingerprint density at radius 3 is 2.46 bits per heavy atom. The van der Waals surface area contributed by atoms with Crippen LogP contribution in [0.2, 0.25) is 0 Å². The molecule has 0 aliphatic carbocycles. The van der Waals surface area contributed by atoms with Crippen LogP contribution in [0.3, 0.4) is 0 Å². The third kappa shape index (κ3) is 2.91. The Hall–Kier alpha value is -1.60. The largest absolute Gasteiger partial charge is 0.331 e. The Morgan fingerprint density at radius 1 is 1.21 bits per heavy atom. The number of sulfonamides is 1. The maximum Gasteiger partial charge on any atom is 0.319 e. The molecule has 2 heterocycles. The van der Waals surface area contributed by atoms with Crippen molar-refractivity contribution in [3.63, 3.8) is 0 Å². The van der Waals surface area contributed by atoms with Crippen molar-refractivity contribution >= 4 is 16.1 Å². The molecule has 2 aliphatic rings. The molecule has 0 aromatic heterocycles. The van der Waals surface area contributed by atoms with Gasteiger partial charge in [0, 0.05) is 51.6 Å². The lowest BCUT2D eigenvalue weighted by atomic mass is 9.68. The lowest BCUT2D eigenvalue weighted by molar-refractivity contribution is 0.177. The highest BCUT2D eigenvalue weighted by Gasteiger charge is 2.52. The molecule has 0 spiro atoms. The number of fused-ring (bicyclic) bond motifs is 1. The minimum atomic E-state index is -3.21. The molecule has 7 heteroatoms. The van der Waals surface area contributed by atoms with E-state index in [9.17, 15) is 13.2 Å². The number of hydrogen-bond donors (Lipinski definition) is 0. The van der Waals surface area contributed by atoms with Gasteiger partial charge in [0.1, 0.15) is 0 Å². The molecule has 0 radical (unpaired) electrons. The normalized spacial score (nSPS) is 27.8. The zero-order chi connectivity index (χ0) is 17.5. The van der Waals surface area contributed by atoms with Crippen molar-refractivity contribution in [1.29, 1.82) is 0 Å². The highest BCUT2D eigenvalue weighted by atomic mass is 32.2. The first kappa shape index (κ1) is 17.2. The molecule has 6 nitrogen and oxygen atoms in total. The molecule has 2 aliphatic heterocycles. The first-order chi connectivity index (χ1) is 11.2. The fraction of sp³-hybridized carbons (Fsp3) is 0.588. The van der Waals surface area contributed by atoms with Gasteiger partial charge in [-0.15, -0.1) is 0 Å². The monoisotopic (exact) mass is 351 g/mol. The molecule has 0 saturated carbocycles. The van der Waals surface area contributed by atoms with E-state index >= 15 is 0 Å². The van der Waals surface area contributed by atoms with Gasteiger partial charge < -0.3 is 9.80 Å². The summed E-state index contributed by atoms with van der Waals surface area (Å²) < 4.78 is 25.5. The molecule has 24 heavy (non-hydrogen) atoms. The smallest absolute Gasteiger partial charge is 0.319 e. The first-order valence-electron chi connectivity index (χ1n) is 8.21. The number of rotatable bonds is 2. The summed E-state index contributed by atoms with van der Waals surface area (Å²) in [5.74, 6) is 0.118. The van der Waals surface area contributed by atoms with E-state index in [2.05, 4.69) is 12.1 Å². The summed E-state index contributed by atoms with van der Waals surface area (Å²) in [6.45, 7) is 2.23. The van der Waals surface area contributed by atoms with Gasteiger partial charge in [-0.2, -0.15) is 0 Å². The Bertz CT molecular complexity index is 720. The lowest BCUT2D eigenvalue weighted by Crippen LogP contribution is -2.51. The zero-order valence-electron chi connectivity index (χ0n) is 14.5. The van der Waals surface area contributed by atoms with Gasteiger partial charge in [0.15, 0.2) is 0 Å². The summed E-state index contributed by atoms with van der Waals surface area (Å²) in [5, 5.41) is 0. The molecule has 2 saturated heterocycles. The summed E-state index contributed by atoms with van der Waals surface area (Å²) >= 11 is 0. The Morgan fingerprint density at radius 2 is 1.88 bits per heavy atom. The fourth-order valence-corrected chi connectivity index (χ4v) is 5.00. The second-order valence-electron chi connectivity index (χ2n) is 7.15. The molecule has 2 amide bonds. The van der Waals surface area contributed by atoms with Crippen molar-refractivity contribution in [3.8, 4) is 0 Å². The van der Waals surface area contributed by atoms with Crippen LogP contribution in [-0.4, -0.2) is 75.1 Å². The lowest BCUT2D eigenvalue weighted by Gasteiger charge is -2.42. The van der Waals surface area contributed by atoms with Crippen LogP contribution in [0.4, 0.5) is 4.79 Å². The standard InChI is InChI=1S/C17H25N3O3S/c1-18(2)16(21)19-11-15-12-20(24(3,22)23)10-9-17(15,13-19)14-7-5-4-6-8-14/h4-8,15H,9-13H2,1-3H3/t15-,17+/m1/s1. The zero-order valence-corrected chi connectivity index (χ0v) is 15.3. The predicted molar refractivity (Wildman–Crippen MR) is 93.3 cm³/mol. The van der Waals surface area contributed by atoms with Crippen LogP contribution in [0.15, 0.2) is 30.3 Å². The minimum absolute atomic E-state index is 0.00869. The van der Waals surface area contributed by atoms with Crippen LogP contribution >= 0.6 is 0 Å². The molecule has 0 unspecified atom stereocenters. The van der Waals surface area contributed by atoms with Crippen molar-refractivity contribution in [3.05, 3.63) is 35.9 Å². The highest BCUT2D eigenvalue weighted by molar-refractivity contribution is 7.88. The Labute approximate surface area is 144 Å². The van der Waals surface area contributed by atoms with E-state index in [1.165, 1.54) is 11.8 Å². The van der Waals surface area contributed by atoms with E-state index in [0.717, 1.165) is 6.42 Å². The van der Waals surface area contributed by atoms with Crippen LogP contribution in [-0.2, 0) is 15.4 Å². The van der Waals surface area contributed by atoms with E-state index in [4.69, 9.17) is 0 Å². The van der Waals surface area contributed by atoms with Crippen LogP contribution in [0.5, 0.6) is 0 Å². The van der Waals surface area contributed by atoms with Crippen LogP contribution in [0.25, 0.3) is 0 Å². The van der Waals surface area contributed by atoms with Crippen LogP contribution in [0, 0.1) is 5.92 Å². The van der Waals surface area contributed by atoms with Crippen molar-refractivity contribution < 1.29 is 13.2 Å². The summed E-state index contributed by atoms with van der Waals surface area (Å²) in [6, 6.07) is 10.2. The van der Waals surface area contributed by atoms with Gasteiger partial charge in [-0.3, -0.25) is 0 Å². The van der Waals surface area contributed by atoms with E-state index < -0.39 is 10.0 Å². The number of amides is 2. The molecule has 2 fully saturated rings. The van der Waals surface area contributed by atoms with E-state index in [-0.39, 0.29) is 17.4 Å². The summed E-state index contributed by atoms with van der Waals surface area (Å²) in [6.07, 6.45) is 2.01. The average Bonchev–Trinajstić information content (AvgIpc) is 2.93. The Balaban J connectivity index is 1.96. The first-order valence-corrected chi connectivity index (χ1v) is 10.1. The SMILES string of the molecule is CN(C)C(=O)N1C[C@@H]2CN(S(C)(=O)=O)CC[C@@]2(c2ccccc2)C1. The molecule has 3 rings (SSSR count). The molecule has 1 aromatic rings. The van der Waals surface area contributed by atoms with Crippen molar-refractivity contribution in [1.82, 2.24) is 14.1 Å². The highest BCUT2D eigenvalue weighted by Crippen LogP contribution is 2.45. The number of likely N-dealkylation sites (tertiary alicyclic amines) is 1. The molecule has 0 N–H and O–H groups in total. The maximum atomic E-state index is 12.5. The number of nitrogens with zero attached hydrogens (tertiary/aromatic N) is 3. The second-order valence-corrected chi connectivity index (χ2v) is 9.13. The minimum Gasteiger partial charge on any atom is -0.331 e. The topological polar surface area (TPSA) is 60.9 Å². The third-order valence-corrected chi connectivity index (χ3v) is 6.67. The van der Waals surface area contributed by atoms with Crippen LogP contribution < -0.4 is 0 Å². The van der Waals surface area contributed by atoms with Crippen molar-refractivity contribution in [2.45, 2.75) is 11.8 Å². The van der Waals surface area contributed by atoms with Gasteiger partial charge >= 0.3 is 6.03 Å². The fourth-order valence-electron chi connectivity index (χ4n) is 4.12. The Kier molecular flexibility index (Phi) is 4.34. The third-order valence-electron chi connectivity index (χ3n) is 5.40. The van der Waals surface area contributed by atoms with Gasteiger partial charge in [-0.1, -0.05) is 30.3 Å². The van der Waals surface area contributed by atoms with E-state index in [1.54, 1.807) is 23.3 Å². The number of carbonyl (C=O) groups is 1. The number of benzene rings is 1. The molecular weight excluding hydrogens is 326 g/mol. The molecule has 0 bridgehead atoms. The summed E-state index contributed by atoms with van der Waals surface area (Å²) in [5.41, 5.74) is 1.05. The number of carbonyl (C=O) groups excluding carboxylic acids is 1. The molecule has 2 atom stereocenters. The van der Waals surface area contributed by atoms with E-state index in [0.29, 0.717) is 26.2 Å². The van der Waals surface area contributed by atoms with Gasteiger partial charge in [-0.05, 0) is 12.0 Å². The number of hydrogen-bond acceptors (Lipinski definition) is 3.